The van der Waals surface area contributed by atoms with Crippen molar-refractivity contribution >= 4 is 69.9 Å². The van der Waals surface area contributed by atoms with Gasteiger partial charge < -0.3 is 14.5 Å². The van der Waals surface area contributed by atoms with Gasteiger partial charge in [0.15, 0.2) is 11.0 Å². The zero-order valence-electron chi connectivity index (χ0n) is 17.8. The second-order valence-corrected chi connectivity index (χ2v) is 8.82. The molecule has 34 heavy (non-hydrogen) atoms. The van der Waals surface area contributed by atoms with Crippen LogP contribution in [-0.4, -0.2) is 62.3 Å². The normalized spacial score (nSPS) is 10.0. The molecule has 4 aromatic rings. The number of H-pyrrole nitrogens is 1. The predicted octanol–water partition coefficient (Wildman–Crippen LogP) is 3.94. The van der Waals surface area contributed by atoms with Crippen LogP contribution >= 0.6 is 47.8 Å². The molecule has 0 aromatic carbocycles. The van der Waals surface area contributed by atoms with Gasteiger partial charge in [0.25, 0.3) is 11.1 Å². The van der Waals surface area contributed by atoms with E-state index in [1.807, 2.05) is 0 Å². The maximum atomic E-state index is 11.9. The summed E-state index contributed by atoms with van der Waals surface area (Å²) in [5.41, 5.74) is 1.56. The Balaban J connectivity index is 0.000000284. The molecule has 0 atom stereocenters. The van der Waals surface area contributed by atoms with Gasteiger partial charge in [-0.15, -0.1) is 0 Å². The number of alkyl halides is 1. The highest BCUT2D eigenvalue weighted by Crippen LogP contribution is 2.12. The summed E-state index contributed by atoms with van der Waals surface area (Å²) >= 11 is 9.71. The number of aromatic amines is 1. The van der Waals surface area contributed by atoms with Gasteiger partial charge in [-0.2, -0.15) is 0 Å². The van der Waals surface area contributed by atoms with E-state index in [1.54, 1.807) is 38.7 Å². The molecule has 0 aliphatic carbocycles. The van der Waals surface area contributed by atoms with Gasteiger partial charge in [-0.05, 0) is 44.0 Å². The Morgan fingerprint density at radius 2 is 1.50 bits per heavy atom. The SMILES string of the molecule is C.COCCBr.COCCn1cnc2cc(Br)cnc2c1=O.O=c1[nH]cnc2cc(Br)cnc12. The molecule has 10 nitrogen and oxygen atoms in total. The summed E-state index contributed by atoms with van der Waals surface area (Å²) in [7, 11) is 3.27. The second kappa shape index (κ2) is 15.8. The number of pyridine rings is 2. The molecule has 0 saturated carbocycles. The summed E-state index contributed by atoms with van der Waals surface area (Å²) in [6.45, 7) is 1.76. The average Bonchev–Trinajstić information content (AvgIpc) is 2.80. The minimum absolute atomic E-state index is 0. The number of aromatic nitrogens is 6. The van der Waals surface area contributed by atoms with Gasteiger partial charge in [-0.1, -0.05) is 23.4 Å². The van der Waals surface area contributed by atoms with Gasteiger partial charge in [-0.25, -0.2) is 19.9 Å². The van der Waals surface area contributed by atoms with Gasteiger partial charge in [0.05, 0.1) is 43.4 Å². The molecule has 13 heteroatoms. The van der Waals surface area contributed by atoms with E-state index in [0.717, 1.165) is 20.9 Å². The fourth-order valence-corrected chi connectivity index (χ4v) is 3.33. The van der Waals surface area contributed by atoms with Crippen molar-refractivity contribution in [3.63, 3.8) is 0 Å². The molecule has 4 heterocycles. The van der Waals surface area contributed by atoms with Gasteiger partial charge in [0.2, 0.25) is 0 Å². The van der Waals surface area contributed by atoms with E-state index in [9.17, 15) is 9.59 Å². The van der Waals surface area contributed by atoms with Crippen LogP contribution in [0.5, 0.6) is 0 Å². The maximum absolute atomic E-state index is 11.9. The van der Waals surface area contributed by atoms with Crippen LogP contribution in [0.25, 0.3) is 22.1 Å². The molecular formula is C21H25Br3N6O4. The third-order valence-electron chi connectivity index (χ3n) is 3.90. The predicted molar refractivity (Wildman–Crippen MR) is 144 cm³/mol. The van der Waals surface area contributed by atoms with E-state index in [2.05, 4.69) is 77.4 Å². The van der Waals surface area contributed by atoms with Gasteiger partial charge in [-0.3, -0.25) is 14.2 Å². The quantitative estimate of drug-likeness (QED) is 0.318. The van der Waals surface area contributed by atoms with Crippen molar-refractivity contribution in [2.45, 2.75) is 14.0 Å². The molecule has 0 unspecified atom stereocenters. The van der Waals surface area contributed by atoms with Crippen LogP contribution < -0.4 is 11.1 Å². The Morgan fingerprint density at radius 3 is 2.06 bits per heavy atom. The molecule has 184 valence electrons. The summed E-state index contributed by atoms with van der Waals surface area (Å²) in [6, 6.07) is 3.52. The number of fused-ring (bicyclic) bond motifs is 2. The summed E-state index contributed by atoms with van der Waals surface area (Å²) in [4.78, 5) is 41.6. The van der Waals surface area contributed by atoms with Crippen LogP contribution in [0.15, 0.2) is 55.7 Å². The van der Waals surface area contributed by atoms with Crippen LogP contribution in [0.4, 0.5) is 0 Å². The Hall–Kier alpha value is -2.06. The highest BCUT2D eigenvalue weighted by molar-refractivity contribution is 9.10. The summed E-state index contributed by atoms with van der Waals surface area (Å²) in [6.07, 6.45) is 6.03. The lowest BCUT2D eigenvalue weighted by atomic mass is 10.3. The fraction of sp³-hybridized carbons (Fsp3) is 0.333. The smallest absolute Gasteiger partial charge is 0.279 e. The van der Waals surface area contributed by atoms with E-state index in [1.165, 1.54) is 17.2 Å². The van der Waals surface area contributed by atoms with Crippen molar-refractivity contribution in [3.8, 4) is 0 Å². The minimum atomic E-state index is -0.215. The van der Waals surface area contributed by atoms with Crippen molar-refractivity contribution in [1.29, 1.82) is 0 Å². The molecule has 0 aliphatic heterocycles. The molecule has 0 bridgehead atoms. The van der Waals surface area contributed by atoms with E-state index >= 15 is 0 Å². The topological polar surface area (TPSA) is 125 Å². The average molecular weight is 665 g/mol. The Morgan fingerprint density at radius 1 is 0.912 bits per heavy atom. The van der Waals surface area contributed by atoms with Crippen molar-refractivity contribution in [2.75, 3.05) is 32.8 Å². The minimum Gasteiger partial charge on any atom is -0.384 e. The molecule has 0 aliphatic rings. The Labute approximate surface area is 221 Å². The zero-order chi connectivity index (χ0) is 24.2. The summed E-state index contributed by atoms with van der Waals surface area (Å²) < 4.78 is 12.7. The van der Waals surface area contributed by atoms with E-state index < -0.39 is 0 Å². The van der Waals surface area contributed by atoms with E-state index in [4.69, 9.17) is 4.74 Å². The molecule has 0 spiro atoms. The second-order valence-electron chi connectivity index (χ2n) is 6.19. The third kappa shape index (κ3) is 8.95. The number of nitrogens with one attached hydrogen (secondary N) is 1. The highest BCUT2D eigenvalue weighted by Gasteiger charge is 2.05. The lowest BCUT2D eigenvalue weighted by Gasteiger charge is -2.04. The molecule has 4 rings (SSSR count). The fourth-order valence-electron chi connectivity index (χ4n) is 2.37. The number of methoxy groups -OCH3 is 2. The Bertz CT molecular complexity index is 1300. The maximum Gasteiger partial charge on any atom is 0.279 e. The number of rotatable bonds is 5. The van der Waals surface area contributed by atoms with Crippen LogP contribution in [-0.2, 0) is 16.0 Å². The van der Waals surface area contributed by atoms with Gasteiger partial charge in [0.1, 0.15) is 0 Å². The lowest BCUT2D eigenvalue weighted by Crippen LogP contribution is -2.23. The van der Waals surface area contributed by atoms with Crippen LogP contribution in [0.3, 0.4) is 0 Å². The standard InChI is InChI=1S/C10H10BrN3O2.C7H4BrN3O.C3H7BrO.CH4/c1-16-3-2-14-6-13-8-4-7(11)5-12-9(8)10(14)15;8-4-1-5-6(9-2-4)7(12)11-3-10-5;1-5-3-2-4;/h4-6H,2-3H2,1H3;1-3H,(H,10,11,12);2-3H2,1H3;1H4. The first-order chi connectivity index (χ1) is 15.9. The van der Waals surface area contributed by atoms with Crippen molar-refractivity contribution < 1.29 is 9.47 Å². The molecule has 4 aromatic heterocycles. The molecule has 1 N–H and O–H groups in total. The lowest BCUT2D eigenvalue weighted by molar-refractivity contribution is 0.186. The first-order valence-corrected chi connectivity index (χ1v) is 12.2. The number of ether oxygens (including phenoxy) is 2. The van der Waals surface area contributed by atoms with Gasteiger partial charge in [0, 0.05) is 40.9 Å². The Kier molecular flexibility index (Phi) is 13.9. The van der Waals surface area contributed by atoms with Crippen molar-refractivity contribution in [2.24, 2.45) is 0 Å². The summed E-state index contributed by atoms with van der Waals surface area (Å²) in [5.74, 6) is 0. The first-order valence-electron chi connectivity index (χ1n) is 9.44. The number of hydrogen-bond acceptors (Lipinski definition) is 8. The number of hydrogen-bond donors (Lipinski definition) is 1. The van der Waals surface area contributed by atoms with Crippen LogP contribution in [0, 0.1) is 0 Å². The van der Waals surface area contributed by atoms with E-state index in [0.29, 0.717) is 35.2 Å². The van der Waals surface area contributed by atoms with Gasteiger partial charge >= 0.3 is 0 Å². The monoisotopic (exact) mass is 662 g/mol. The summed E-state index contributed by atoms with van der Waals surface area (Å²) in [5, 5.41) is 0.934. The number of nitrogens with zero attached hydrogens (tertiary/aromatic N) is 5. The molecule has 0 fully saturated rings. The first kappa shape index (κ1) is 30.0. The molecule has 0 saturated heterocycles. The molecular weight excluding hydrogens is 640 g/mol. The van der Waals surface area contributed by atoms with Crippen molar-refractivity contribution in [3.05, 3.63) is 66.8 Å². The van der Waals surface area contributed by atoms with Crippen LogP contribution in [0.1, 0.15) is 7.43 Å². The van der Waals surface area contributed by atoms with E-state index in [-0.39, 0.29) is 18.5 Å². The highest BCUT2D eigenvalue weighted by atomic mass is 79.9. The third-order valence-corrected chi connectivity index (χ3v) is 5.09. The van der Waals surface area contributed by atoms with Crippen molar-refractivity contribution in [1.82, 2.24) is 29.5 Å². The largest absolute Gasteiger partial charge is 0.384 e. The zero-order valence-corrected chi connectivity index (χ0v) is 22.6. The van der Waals surface area contributed by atoms with Crippen LogP contribution in [0.2, 0.25) is 0 Å². The molecule has 0 amide bonds. The number of halogens is 3. The molecule has 0 radical (unpaired) electrons.